The van der Waals surface area contributed by atoms with E-state index in [0.29, 0.717) is 12.1 Å². The summed E-state index contributed by atoms with van der Waals surface area (Å²) >= 11 is 0. The maximum atomic E-state index is 13.1. The molecule has 1 aromatic rings. The van der Waals surface area contributed by atoms with Gasteiger partial charge in [0.15, 0.2) is 0 Å². The fourth-order valence-corrected chi connectivity index (χ4v) is 1.21. The van der Waals surface area contributed by atoms with E-state index in [0.717, 1.165) is 12.1 Å². The van der Waals surface area contributed by atoms with Crippen molar-refractivity contribution in [3.05, 3.63) is 30.3 Å². The molecule has 0 saturated carbocycles. The van der Waals surface area contributed by atoms with Gasteiger partial charge in [0.25, 0.3) is 0 Å². The molecular weight excluding hydrogens is 357 g/mol. The van der Waals surface area contributed by atoms with Crippen LogP contribution in [0.5, 0.6) is 5.75 Å². The standard InChI is InChI=1S/C11H4F11O/c12-7(13,8(14,15)10(18,19)20)9(16,17)11(21,22)23-6-4-2-1-3-5-6/h2-5H. The van der Waals surface area contributed by atoms with Gasteiger partial charge in [0.2, 0.25) is 0 Å². The van der Waals surface area contributed by atoms with Gasteiger partial charge in [0.05, 0.1) is 0 Å². The minimum absolute atomic E-state index is 0.518. The van der Waals surface area contributed by atoms with Gasteiger partial charge in [0.1, 0.15) is 5.75 Å². The normalized spacial score (nSPS) is 14.7. The van der Waals surface area contributed by atoms with Crippen molar-refractivity contribution in [2.45, 2.75) is 30.1 Å². The molecule has 0 unspecified atom stereocenters. The fourth-order valence-electron chi connectivity index (χ4n) is 1.21. The van der Waals surface area contributed by atoms with E-state index in [1.54, 1.807) is 0 Å². The molecule has 0 atom stereocenters. The smallest absolute Gasteiger partial charge is 0.428 e. The summed E-state index contributed by atoms with van der Waals surface area (Å²) in [6.45, 7) is 0. The van der Waals surface area contributed by atoms with Crippen molar-refractivity contribution in [3.63, 3.8) is 0 Å². The summed E-state index contributed by atoms with van der Waals surface area (Å²) in [4.78, 5) is 0. The van der Waals surface area contributed by atoms with Crippen LogP contribution in [0.3, 0.4) is 0 Å². The Morgan fingerprint density at radius 2 is 1.09 bits per heavy atom. The van der Waals surface area contributed by atoms with Crippen LogP contribution in [0.15, 0.2) is 24.3 Å². The first kappa shape index (κ1) is 19.3. The summed E-state index contributed by atoms with van der Waals surface area (Å²) in [5, 5.41) is 0. The van der Waals surface area contributed by atoms with Crippen molar-refractivity contribution in [1.29, 1.82) is 0 Å². The maximum absolute atomic E-state index is 13.1. The number of hydrogen-bond donors (Lipinski definition) is 0. The molecule has 0 heterocycles. The van der Waals surface area contributed by atoms with E-state index in [4.69, 9.17) is 0 Å². The minimum Gasteiger partial charge on any atom is -0.428 e. The molecule has 1 radical (unpaired) electrons. The zero-order valence-corrected chi connectivity index (χ0v) is 10.4. The number of benzene rings is 1. The van der Waals surface area contributed by atoms with Gasteiger partial charge in [-0.25, -0.2) is 0 Å². The third-order valence-corrected chi connectivity index (χ3v) is 2.44. The Labute approximate surface area is 120 Å². The molecule has 0 fully saturated rings. The van der Waals surface area contributed by atoms with E-state index >= 15 is 0 Å². The lowest BCUT2D eigenvalue weighted by Crippen LogP contribution is -2.67. The van der Waals surface area contributed by atoms with Crippen LogP contribution in [0.25, 0.3) is 0 Å². The molecule has 23 heavy (non-hydrogen) atoms. The van der Waals surface area contributed by atoms with Gasteiger partial charge >= 0.3 is 30.1 Å². The first-order chi connectivity index (χ1) is 10.1. The van der Waals surface area contributed by atoms with Crippen LogP contribution in [-0.2, 0) is 0 Å². The van der Waals surface area contributed by atoms with Crippen LogP contribution in [0.2, 0.25) is 0 Å². The zero-order valence-electron chi connectivity index (χ0n) is 10.4. The molecule has 0 aliphatic rings. The Hall–Kier alpha value is -1.75. The average molecular weight is 361 g/mol. The molecule has 0 amide bonds. The largest absolute Gasteiger partial charge is 0.471 e. The van der Waals surface area contributed by atoms with Gasteiger partial charge in [-0.2, -0.15) is 48.3 Å². The number of ether oxygens (including phenoxy) is 1. The highest BCUT2D eigenvalue weighted by molar-refractivity contribution is 5.21. The zero-order chi connectivity index (χ0) is 18.3. The number of halogens is 11. The van der Waals surface area contributed by atoms with Crippen LogP contribution < -0.4 is 4.74 Å². The topological polar surface area (TPSA) is 9.23 Å². The van der Waals surface area contributed by atoms with Crippen molar-refractivity contribution in [3.8, 4) is 5.75 Å². The van der Waals surface area contributed by atoms with E-state index in [1.165, 1.54) is 0 Å². The van der Waals surface area contributed by atoms with Gasteiger partial charge in [-0.05, 0) is 18.2 Å². The Morgan fingerprint density at radius 3 is 1.48 bits per heavy atom. The summed E-state index contributed by atoms with van der Waals surface area (Å²) in [6.07, 6.45) is -13.6. The monoisotopic (exact) mass is 361 g/mol. The van der Waals surface area contributed by atoms with Crippen molar-refractivity contribution < 1.29 is 53.0 Å². The number of rotatable bonds is 5. The van der Waals surface area contributed by atoms with E-state index in [9.17, 15) is 48.3 Å². The lowest BCUT2D eigenvalue weighted by molar-refractivity contribution is -0.445. The minimum atomic E-state index is -7.48. The molecule has 1 rings (SSSR count). The highest BCUT2D eigenvalue weighted by atomic mass is 19.4. The molecule has 1 nitrogen and oxygen atoms in total. The predicted molar refractivity (Wildman–Crippen MR) is 51.7 cm³/mol. The van der Waals surface area contributed by atoms with E-state index in [2.05, 4.69) is 10.8 Å². The van der Waals surface area contributed by atoms with Gasteiger partial charge < -0.3 is 4.74 Å². The van der Waals surface area contributed by atoms with E-state index < -0.39 is 35.8 Å². The molecule has 1 aromatic carbocycles. The van der Waals surface area contributed by atoms with Gasteiger partial charge in [-0.15, -0.1) is 0 Å². The van der Waals surface area contributed by atoms with Gasteiger partial charge in [-0.3, -0.25) is 0 Å². The highest BCUT2D eigenvalue weighted by Gasteiger charge is 2.88. The maximum Gasteiger partial charge on any atom is 0.471 e. The second-order valence-corrected chi connectivity index (χ2v) is 4.08. The lowest BCUT2D eigenvalue weighted by Gasteiger charge is -2.36. The highest BCUT2D eigenvalue weighted by Crippen LogP contribution is 2.57. The second kappa shape index (κ2) is 5.41. The molecule has 0 aliphatic heterocycles. The van der Waals surface area contributed by atoms with Crippen LogP contribution >= 0.6 is 0 Å². The van der Waals surface area contributed by atoms with Gasteiger partial charge in [0, 0.05) is 0 Å². The molecule has 0 aliphatic carbocycles. The molecule has 0 aromatic heterocycles. The summed E-state index contributed by atoms with van der Waals surface area (Å²) in [5.41, 5.74) is 0. The van der Waals surface area contributed by atoms with Gasteiger partial charge in [-0.1, -0.05) is 12.1 Å². The molecule has 0 spiro atoms. The van der Waals surface area contributed by atoms with Crippen molar-refractivity contribution in [1.82, 2.24) is 0 Å². The SMILES string of the molecule is FC(F)(F)C(F)(F)C(F)(F)C(F)(F)C(F)(F)Oc1cc[c]cc1. The van der Waals surface area contributed by atoms with Crippen LogP contribution in [0.4, 0.5) is 48.3 Å². The molecule has 12 heteroatoms. The van der Waals surface area contributed by atoms with Crippen LogP contribution in [0.1, 0.15) is 0 Å². The second-order valence-electron chi connectivity index (χ2n) is 4.08. The summed E-state index contributed by atoms with van der Waals surface area (Å²) in [6, 6.07) is 4.86. The lowest BCUT2D eigenvalue weighted by atomic mass is 10.0. The molecule has 0 bridgehead atoms. The predicted octanol–water partition coefficient (Wildman–Crippen LogP) is 4.93. The summed E-state index contributed by atoms with van der Waals surface area (Å²) in [7, 11) is 0. The summed E-state index contributed by atoms with van der Waals surface area (Å²) in [5.74, 6) is -23.3. The fraction of sp³-hybridized carbons (Fsp3) is 0.455. The van der Waals surface area contributed by atoms with Crippen LogP contribution in [0, 0.1) is 6.07 Å². The third kappa shape index (κ3) is 3.02. The third-order valence-electron chi connectivity index (χ3n) is 2.44. The average Bonchev–Trinajstić information content (AvgIpc) is 2.37. The van der Waals surface area contributed by atoms with Crippen molar-refractivity contribution in [2.24, 2.45) is 0 Å². The first-order valence-corrected chi connectivity index (χ1v) is 5.31. The Bertz CT molecular complexity index is 535. The Morgan fingerprint density at radius 1 is 0.652 bits per heavy atom. The molecule has 0 saturated heterocycles. The van der Waals surface area contributed by atoms with Crippen LogP contribution in [-0.4, -0.2) is 30.1 Å². The first-order valence-electron chi connectivity index (χ1n) is 5.31. The van der Waals surface area contributed by atoms with E-state index in [1.807, 2.05) is 0 Å². The Kier molecular flexibility index (Phi) is 4.54. The Balaban J connectivity index is 3.26. The molecular formula is C11H4F11O. The van der Waals surface area contributed by atoms with Crippen molar-refractivity contribution >= 4 is 0 Å². The quantitative estimate of drug-likeness (QED) is 0.676. The van der Waals surface area contributed by atoms with Crippen molar-refractivity contribution in [2.75, 3.05) is 0 Å². The van der Waals surface area contributed by atoms with E-state index in [-0.39, 0.29) is 0 Å². The summed E-state index contributed by atoms with van der Waals surface area (Å²) < 4.78 is 142. The number of hydrogen-bond acceptors (Lipinski definition) is 1. The number of alkyl halides is 11. The molecule has 0 N–H and O–H groups in total. The molecule has 131 valence electrons.